The van der Waals surface area contributed by atoms with Crippen LogP contribution in [0, 0.1) is 0 Å². The maximum Gasteiger partial charge on any atom is 0.138 e. The van der Waals surface area contributed by atoms with Gasteiger partial charge in [-0.1, -0.05) is 20.8 Å². The van der Waals surface area contributed by atoms with E-state index in [0.29, 0.717) is 11.9 Å². The first kappa shape index (κ1) is 15.0. The summed E-state index contributed by atoms with van der Waals surface area (Å²) in [6.45, 7) is 11.1. The first-order chi connectivity index (χ1) is 9.40. The molecule has 0 saturated carbocycles. The predicted molar refractivity (Wildman–Crippen MR) is 82.0 cm³/mol. The van der Waals surface area contributed by atoms with Crippen LogP contribution in [0.1, 0.15) is 46.4 Å². The maximum atomic E-state index is 5.95. The average Bonchev–Trinajstić information content (AvgIpc) is 2.87. The van der Waals surface area contributed by atoms with Gasteiger partial charge in [0.15, 0.2) is 0 Å². The zero-order valence-electron chi connectivity index (χ0n) is 13.0. The zero-order valence-corrected chi connectivity index (χ0v) is 13.0. The van der Waals surface area contributed by atoms with E-state index < -0.39 is 0 Å². The van der Waals surface area contributed by atoms with Gasteiger partial charge in [-0.15, -0.1) is 0 Å². The molecule has 2 rings (SSSR count). The lowest BCUT2D eigenvalue weighted by Gasteiger charge is -2.27. The van der Waals surface area contributed by atoms with E-state index >= 15 is 0 Å². The molecule has 5 nitrogen and oxygen atoms in total. The molecule has 112 valence electrons. The number of hydrogen-bond donors (Lipinski definition) is 1. The van der Waals surface area contributed by atoms with Gasteiger partial charge in [-0.25, -0.2) is 9.97 Å². The van der Waals surface area contributed by atoms with Crippen molar-refractivity contribution in [3.63, 3.8) is 0 Å². The van der Waals surface area contributed by atoms with Crippen LogP contribution >= 0.6 is 0 Å². The minimum absolute atomic E-state index is 0.104. The van der Waals surface area contributed by atoms with Gasteiger partial charge in [0.05, 0.1) is 6.10 Å². The lowest BCUT2D eigenvalue weighted by Crippen LogP contribution is -2.33. The number of aromatic nitrogens is 2. The number of nitrogens with zero attached hydrogens (tertiary/aromatic N) is 3. The summed E-state index contributed by atoms with van der Waals surface area (Å²) in [5.41, 5.74) is 5.84. The van der Waals surface area contributed by atoms with Gasteiger partial charge in [0.2, 0.25) is 0 Å². The number of nitrogens with two attached hydrogens (primary N) is 1. The van der Waals surface area contributed by atoms with E-state index in [-0.39, 0.29) is 5.41 Å². The van der Waals surface area contributed by atoms with Crippen molar-refractivity contribution in [1.29, 1.82) is 0 Å². The van der Waals surface area contributed by atoms with Crippen LogP contribution < -0.4 is 10.6 Å². The molecule has 1 aromatic heterocycles. The molecule has 0 amide bonds. The Morgan fingerprint density at radius 3 is 2.70 bits per heavy atom. The van der Waals surface area contributed by atoms with Crippen LogP contribution in [0.3, 0.4) is 0 Å². The molecule has 0 bridgehead atoms. The number of rotatable bonds is 4. The Hall–Kier alpha value is -1.36. The van der Waals surface area contributed by atoms with E-state index in [1.165, 1.54) is 0 Å². The van der Waals surface area contributed by atoms with Crippen LogP contribution in [-0.4, -0.2) is 35.8 Å². The highest BCUT2D eigenvalue weighted by Gasteiger charge is 2.23. The molecule has 1 fully saturated rings. The quantitative estimate of drug-likeness (QED) is 0.916. The van der Waals surface area contributed by atoms with Gasteiger partial charge in [0, 0.05) is 31.2 Å². The molecule has 1 aliphatic rings. The molecule has 5 heteroatoms. The molecule has 2 N–H and O–H groups in total. The molecule has 20 heavy (non-hydrogen) atoms. The first-order valence-corrected chi connectivity index (χ1v) is 7.41. The average molecular weight is 278 g/mol. The van der Waals surface area contributed by atoms with Crippen LogP contribution in [0.15, 0.2) is 6.07 Å². The largest absolute Gasteiger partial charge is 0.384 e. The molecule has 1 saturated heterocycles. The second kappa shape index (κ2) is 5.95. The molecule has 1 unspecified atom stereocenters. The summed E-state index contributed by atoms with van der Waals surface area (Å²) in [5.74, 6) is 2.23. The zero-order chi connectivity index (χ0) is 14.8. The van der Waals surface area contributed by atoms with Crippen molar-refractivity contribution in [2.45, 2.75) is 52.1 Å². The molecule has 1 aliphatic heterocycles. The Bertz CT molecular complexity index is 450. The lowest BCUT2D eigenvalue weighted by atomic mass is 9.96. The van der Waals surface area contributed by atoms with Gasteiger partial charge < -0.3 is 15.4 Å². The molecule has 0 aliphatic carbocycles. The van der Waals surface area contributed by atoms with Crippen LogP contribution in [-0.2, 0) is 10.2 Å². The van der Waals surface area contributed by atoms with E-state index in [4.69, 9.17) is 15.5 Å². The highest BCUT2D eigenvalue weighted by Crippen LogP contribution is 2.24. The first-order valence-electron chi connectivity index (χ1n) is 7.41. The van der Waals surface area contributed by atoms with Gasteiger partial charge >= 0.3 is 0 Å². The van der Waals surface area contributed by atoms with Gasteiger partial charge in [0.25, 0.3) is 0 Å². The molecule has 1 atom stereocenters. The standard InChI is InChI=1S/C15H26N4O/c1-5-19(10-11-7-6-8-20-11)13-9-12(16)17-14(18-13)15(2,3)4/h9,11H,5-8,10H2,1-4H3,(H2,16,17,18). The molecule has 0 radical (unpaired) electrons. The second-order valence-corrected chi connectivity index (χ2v) is 6.40. The highest BCUT2D eigenvalue weighted by molar-refractivity contribution is 5.47. The molecule has 2 heterocycles. The summed E-state index contributed by atoms with van der Waals surface area (Å²) in [4.78, 5) is 11.3. The number of ether oxygens (including phenoxy) is 1. The number of likely N-dealkylation sites (N-methyl/N-ethyl adjacent to an activating group) is 1. The van der Waals surface area contributed by atoms with Crippen molar-refractivity contribution in [2.24, 2.45) is 0 Å². The minimum Gasteiger partial charge on any atom is -0.384 e. The van der Waals surface area contributed by atoms with Crippen LogP contribution in [0.25, 0.3) is 0 Å². The van der Waals surface area contributed by atoms with E-state index in [1.807, 2.05) is 6.07 Å². The fourth-order valence-corrected chi connectivity index (χ4v) is 2.37. The summed E-state index contributed by atoms with van der Waals surface area (Å²) in [7, 11) is 0. The van der Waals surface area contributed by atoms with E-state index in [2.05, 4.69) is 37.6 Å². The SMILES string of the molecule is CCN(CC1CCCO1)c1cc(N)nc(C(C)(C)C)n1. The van der Waals surface area contributed by atoms with Gasteiger partial charge in [0.1, 0.15) is 17.5 Å². The Labute approximate surface area is 121 Å². The Kier molecular flexibility index (Phi) is 4.48. The fourth-order valence-electron chi connectivity index (χ4n) is 2.37. The van der Waals surface area contributed by atoms with Crippen molar-refractivity contribution < 1.29 is 4.74 Å². The third kappa shape index (κ3) is 3.60. The van der Waals surface area contributed by atoms with Gasteiger partial charge in [-0.3, -0.25) is 0 Å². The Morgan fingerprint density at radius 1 is 1.40 bits per heavy atom. The normalized spacial score (nSPS) is 19.3. The van der Waals surface area contributed by atoms with E-state index in [0.717, 1.165) is 44.2 Å². The number of hydrogen-bond acceptors (Lipinski definition) is 5. The number of anilines is 2. The Balaban J connectivity index is 2.22. The third-order valence-corrected chi connectivity index (χ3v) is 3.56. The predicted octanol–water partition coefficient (Wildman–Crippen LogP) is 2.36. The van der Waals surface area contributed by atoms with Crippen molar-refractivity contribution in [2.75, 3.05) is 30.3 Å². The smallest absolute Gasteiger partial charge is 0.138 e. The minimum atomic E-state index is -0.104. The fraction of sp³-hybridized carbons (Fsp3) is 0.733. The van der Waals surface area contributed by atoms with E-state index in [1.54, 1.807) is 0 Å². The molecule has 0 aromatic carbocycles. The molecular weight excluding hydrogens is 252 g/mol. The summed E-state index contributed by atoms with van der Waals surface area (Å²) in [6.07, 6.45) is 2.59. The van der Waals surface area contributed by atoms with Crippen LogP contribution in [0.2, 0.25) is 0 Å². The Morgan fingerprint density at radius 2 is 2.15 bits per heavy atom. The summed E-state index contributed by atoms with van der Waals surface area (Å²) >= 11 is 0. The van der Waals surface area contributed by atoms with Gasteiger partial charge in [-0.05, 0) is 19.8 Å². The van der Waals surface area contributed by atoms with Crippen molar-refractivity contribution >= 4 is 11.6 Å². The summed E-state index contributed by atoms with van der Waals surface area (Å²) in [5, 5.41) is 0. The van der Waals surface area contributed by atoms with Crippen molar-refractivity contribution in [3.8, 4) is 0 Å². The topological polar surface area (TPSA) is 64.3 Å². The summed E-state index contributed by atoms with van der Waals surface area (Å²) in [6, 6.07) is 1.85. The van der Waals surface area contributed by atoms with Crippen LogP contribution in [0.5, 0.6) is 0 Å². The monoisotopic (exact) mass is 278 g/mol. The number of nitrogen functional groups attached to an aromatic ring is 1. The molecular formula is C15H26N4O. The highest BCUT2D eigenvalue weighted by atomic mass is 16.5. The lowest BCUT2D eigenvalue weighted by molar-refractivity contribution is 0.115. The van der Waals surface area contributed by atoms with Crippen molar-refractivity contribution in [1.82, 2.24) is 9.97 Å². The third-order valence-electron chi connectivity index (χ3n) is 3.56. The summed E-state index contributed by atoms with van der Waals surface area (Å²) < 4.78 is 5.72. The maximum absolute atomic E-state index is 5.95. The molecule has 1 aromatic rings. The molecule has 0 spiro atoms. The van der Waals surface area contributed by atoms with Crippen molar-refractivity contribution in [3.05, 3.63) is 11.9 Å². The second-order valence-electron chi connectivity index (χ2n) is 6.40. The van der Waals surface area contributed by atoms with Gasteiger partial charge in [-0.2, -0.15) is 0 Å². The van der Waals surface area contributed by atoms with E-state index in [9.17, 15) is 0 Å². The van der Waals surface area contributed by atoms with Crippen LogP contribution in [0.4, 0.5) is 11.6 Å².